The van der Waals surface area contributed by atoms with Crippen LogP contribution in [0.3, 0.4) is 0 Å². The number of nitrogens with one attached hydrogen (secondary N) is 1. The Labute approximate surface area is 117 Å². The molecule has 102 valence electrons. The molecule has 0 aromatic heterocycles. The third kappa shape index (κ3) is 3.50. The summed E-state index contributed by atoms with van der Waals surface area (Å²) in [6.45, 7) is 4.22. The molecule has 1 aromatic rings. The van der Waals surface area contributed by atoms with Crippen molar-refractivity contribution in [1.82, 2.24) is 5.32 Å². The SMILES string of the molecule is COC(=O)C(N=C1NC(C)(C)CS1)c1ccccc1. The van der Waals surface area contributed by atoms with Crippen LogP contribution in [0.2, 0.25) is 0 Å². The molecule has 5 heteroatoms. The first-order chi connectivity index (χ1) is 9.02. The number of hydrogen-bond donors (Lipinski definition) is 1. The van der Waals surface area contributed by atoms with Crippen LogP contribution in [-0.4, -0.2) is 29.5 Å². The van der Waals surface area contributed by atoms with Crippen LogP contribution in [0.1, 0.15) is 25.5 Å². The first kappa shape index (κ1) is 13.9. The highest BCUT2D eigenvalue weighted by Crippen LogP contribution is 2.26. The van der Waals surface area contributed by atoms with E-state index in [9.17, 15) is 4.79 Å². The Hall–Kier alpha value is -1.49. The Morgan fingerprint density at radius 2 is 2.11 bits per heavy atom. The van der Waals surface area contributed by atoms with Crippen molar-refractivity contribution in [3.8, 4) is 0 Å². The van der Waals surface area contributed by atoms with Crippen LogP contribution in [0.4, 0.5) is 0 Å². The molecule has 1 aliphatic heterocycles. The fourth-order valence-electron chi connectivity index (χ4n) is 1.81. The summed E-state index contributed by atoms with van der Waals surface area (Å²) in [7, 11) is 1.39. The van der Waals surface area contributed by atoms with Gasteiger partial charge in [0.1, 0.15) is 0 Å². The van der Waals surface area contributed by atoms with Crippen LogP contribution in [0.5, 0.6) is 0 Å². The number of benzene rings is 1. The molecule has 0 aliphatic carbocycles. The van der Waals surface area contributed by atoms with Gasteiger partial charge < -0.3 is 10.1 Å². The van der Waals surface area contributed by atoms with Crippen molar-refractivity contribution in [3.63, 3.8) is 0 Å². The lowest BCUT2D eigenvalue weighted by molar-refractivity contribution is -0.142. The van der Waals surface area contributed by atoms with Crippen LogP contribution in [0.25, 0.3) is 0 Å². The summed E-state index contributed by atoms with van der Waals surface area (Å²) in [6, 6.07) is 8.87. The molecule has 1 aromatic carbocycles. The van der Waals surface area contributed by atoms with Gasteiger partial charge in [0.25, 0.3) is 0 Å². The minimum atomic E-state index is -0.602. The molecule has 0 spiro atoms. The number of carbonyl (C=O) groups excluding carboxylic acids is 1. The summed E-state index contributed by atoms with van der Waals surface area (Å²) in [4.78, 5) is 16.4. The molecule has 1 aliphatic rings. The molecular weight excluding hydrogens is 260 g/mol. The second-order valence-corrected chi connectivity index (χ2v) is 6.03. The van der Waals surface area contributed by atoms with E-state index in [0.29, 0.717) is 0 Å². The van der Waals surface area contributed by atoms with Gasteiger partial charge in [-0.3, -0.25) is 0 Å². The van der Waals surface area contributed by atoms with Crippen LogP contribution < -0.4 is 5.32 Å². The minimum absolute atomic E-state index is 0.0147. The van der Waals surface area contributed by atoms with Gasteiger partial charge in [0.15, 0.2) is 11.2 Å². The van der Waals surface area contributed by atoms with E-state index in [0.717, 1.165) is 16.5 Å². The lowest BCUT2D eigenvalue weighted by Gasteiger charge is -2.17. The van der Waals surface area contributed by atoms with Crippen molar-refractivity contribution in [2.24, 2.45) is 4.99 Å². The predicted molar refractivity (Wildman–Crippen MR) is 78.3 cm³/mol. The summed E-state index contributed by atoms with van der Waals surface area (Å²) >= 11 is 1.63. The smallest absolute Gasteiger partial charge is 0.335 e. The Morgan fingerprint density at radius 1 is 1.42 bits per heavy atom. The standard InChI is InChI=1S/C14H18N2O2S/c1-14(2)9-19-13(16-14)15-11(12(17)18-3)10-7-5-4-6-8-10/h4-8,11H,9H2,1-3H3,(H,15,16). The van der Waals surface area contributed by atoms with Crippen LogP contribution in [0.15, 0.2) is 35.3 Å². The molecule has 4 nitrogen and oxygen atoms in total. The summed E-state index contributed by atoms with van der Waals surface area (Å²) in [5.41, 5.74) is 0.856. The first-order valence-corrected chi connectivity index (χ1v) is 7.12. The maximum atomic E-state index is 11.9. The molecule has 1 saturated heterocycles. The normalized spacial score (nSPS) is 20.9. The fraction of sp³-hybridized carbons (Fsp3) is 0.429. The number of hydrogen-bond acceptors (Lipinski definition) is 4. The Balaban J connectivity index is 2.25. The van der Waals surface area contributed by atoms with E-state index in [1.54, 1.807) is 11.8 Å². The molecule has 1 atom stereocenters. The number of carbonyl (C=O) groups is 1. The third-order valence-electron chi connectivity index (χ3n) is 2.80. The number of ether oxygens (including phenoxy) is 1. The number of thioether (sulfide) groups is 1. The van der Waals surface area contributed by atoms with E-state index in [2.05, 4.69) is 24.2 Å². The maximum absolute atomic E-state index is 11.9. The molecular formula is C14H18N2O2S. The number of rotatable bonds is 3. The lowest BCUT2D eigenvalue weighted by atomic mass is 10.1. The highest BCUT2D eigenvalue weighted by molar-refractivity contribution is 8.14. The minimum Gasteiger partial charge on any atom is -0.467 e. The molecule has 1 heterocycles. The van der Waals surface area contributed by atoms with Gasteiger partial charge in [-0.25, -0.2) is 9.79 Å². The van der Waals surface area contributed by atoms with Gasteiger partial charge in [-0.05, 0) is 19.4 Å². The molecule has 0 saturated carbocycles. The van der Waals surface area contributed by atoms with Crippen molar-refractivity contribution >= 4 is 22.9 Å². The van der Waals surface area contributed by atoms with E-state index < -0.39 is 6.04 Å². The van der Waals surface area contributed by atoms with Crippen molar-refractivity contribution < 1.29 is 9.53 Å². The molecule has 19 heavy (non-hydrogen) atoms. The van der Waals surface area contributed by atoms with Gasteiger partial charge in [0.2, 0.25) is 0 Å². The average Bonchev–Trinajstić information content (AvgIpc) is 2.75. The molecule has 0 amide bonds. The maximum Gasteiger partial charge on any atom is 0.335 e. The number of esters is 1. The van der Waals surface area contributed by atoms with E-state index in [1.807, 2.05) is 30.3 Å². The summed E-state index contributed by atoms with van der Waals surface area (Å²) in [5.74, 6) is 0.597. The largest absolute Gasteiger partial charge is 0.467 e. The fourth-order valence-corrected chi connectivity index (χ4v) is 2.91. The van der Waals surface area contributed by atoms with Crippen molar-refractivity contribution in [1.29, 1.82) is 0 Å². The predicted octanol–water partition coefficient (Wildman–Crippen LogP) is 2.37. The first-order valence-electron chi connectivity index (χ1n) is 6.13. The van der Waals surface area contributed by atoms with Gasteiger partial charge in [0, 0.05) is 11.3 Å². The highest BCUT2D eigenvalue weighted by atomic mass is 32.2. The van der Waals surface area contributed by atoms with Crippen LogP contribution >= 0.6 is 11.8 Å². The Bertz CT molecular complexity index is 485. The number of amidine groups is 1. The molecule has 2 rings (SSSR count). The van der Waals surface area contributed by atoms with Gasteiger partial charge in [0.05, 0.1) is 7.11 Å². The molecule has 1 fully saturated rings. The van der Waals surface area contributed by atoms with Gasteiger partial charge >= 0.3 is 5.97 Å². The quantitative estimate of drug-likeness (QED) is 0.862. The van der Waals surface area contributed by atoms with Crippen LogP contribution in [0, 0.1) is 0 Å². The van der Waals surface area contributed by atoms with Crippen LogP contribution in [-0.2, 0) is 9.53 Å². The summed E-state index contributed by atoms with van der Waals surface area (Å²) in [6.07, 6.45) is 0. The zero-order chi connectivity index (χ0) is 13.9. The van der Waals surface area contributed by atoms with Gasteiger partial charge in [-0.1, -0.05) is 42.1 Å². The highest BCUT2D eigenvalue weighted by Gasteiger charge is 2.29. The van der Waals surface area contributed by atoms with E-state index in [1.165, 1.54) is 7.11 Å². The van der Waals surface area contributed by atoms with Crippen molar-refractivity contribution in [2.75, 3.05) is 12.9 Å². The van der Waals surface area contributed by atoms with Gasteiger partial charge in [-0.2, -0.15) is 0 Å². The Kier molecular flexibility index (Phi) is 4.14. The second-order valence-electron chi connectivity index (χ2n) is 5.07. The molecule has 0 radical (unpaired) electrons. The molecule has 1 N–H and O–H groups in total. The third-order valence-corrected chi connectivity index (χ3v) is 4.15. The van der Waals surface area contributed by atoms with Crippen molar-refractivity contribution in [3.05, 3.63) is 35.9 Å². The molecule has 1 unspecified atom stereocenters. The number of methoxy groups -OCH3 is 1. The van der Waals surface area contributed by atoms with E-state index in [-0.39, 0.29) is 11.5 Å². The second kappa shape index (κ2) is 5.65. The lowest BCUT2D eigenvalue weighted by Crippen LogP contribution is -2.37. The number of aliphatic imine (C=N–C) groups is 1. The monoisotopic (exact) mass is 278 g/mol. The van der Waals surface area contributed by atoms with E-state index in [4.69, 9.17) is 4.74 Å². The summed E-state index contributed by atoms with van der Waals surface area (Å²) in [5, 5.41) is 4.11. The number of nitrogens with zero attached hydrogens (tertiary/aromatic N) is 1. The van der Waals surface area contributed by atoms with Gasteiger partial charge in [-0.15, -0.1) is 0 Å². The zero-order valence-electron chi connectivity index (χ0n) is 11.3. The Morgan fingerprint density at radius 3 is 2.63 bits per heavy atom. The van der Waals surface area contributed by atoms with Crippen molar-refractivity contribution in [2.45, 2.75) is 25.4 Å². The zero-order valence-corrected chi connectivity index (χ0v) is 12.2. The molecule has 0 bridgehead atoms. The topological polar surface area (TPSA) is 50.7 Å². The van der Waals surface area contributed by atoms with E-state index >= 15 is 0 Å². The average molecular weight is 278 g/mol. The summed E-state index contributed by atoms with van der Waals surface area (Å²) < 4.78 is 4.85.